The molecule has 0 spiro atoms. The predicted octanol–water partition coefficient (Wildman–Crippen LogP) is 4.16. The molecular formula is C25H30ClN3O3. The third kappa shape index (κ3) is 6.25. The quantitative estimate of drug-likeness (QED) is 0.448. The molecule has 1 heterocycles. The van der Waals surface area contributed by atoms with E-state index in [9.17, 15) is 15.0 Å². The van der Waals surface area contributed by atoms with Gasteiger partial charge in [-0.05, 0) is 29.5 Å². The Morgan fingerprint density at radius 1 is 1.09 bits per heavy atom. The van der Waals surface area contributed by atoms with Crippen LogP contribution in [0.3, 0.4) is 0 Å². The zero-order valence-electron chi connectivity index (χ0n) is 18.3. The number of nitrogens with zero attached hydrogens (tertiary/aromatic N) is 2. The molecule has 6 nitrogen and oxygen atoms in total. The molecule has 2 atom stereocenters. The van der Waals surface area contributed by atoms with Crippen LogP contribution in [0.4, 0.5) is 0 Å². The molecule has 0 fully saturated rings. The number of hydrogen-bond donors (Lipinski definition) is 3. The molecular weight excluding hydrogens is 426 g/mol. The van der Waals surface area contributed by atoms with Crippen molar-refractivity contribution in [2.75, 3.05) is 13.2 Å². The fraction of sp³-hybridized carbons (Fsp3) is 0.400. The molecule has 1 unspecified atom stereocenters. The van der Waals surface area contributed by atoms with Crippen LogP contribution in [0, 0.1) is 0 Å². The Kier molecular flexibility index (Phi) is 8.56. The third-order valence-corrected chi connectivity index (χ3v) is 5.96. The summed E-state index contributed by atoms with van der Waals surface area (Å²) in [5.41, 5.74) is 2.76. The molecule has 1 aliphatic heterocycles. The zero-order chi connectivity index (χ0) is 23.0. The first-order chi connectivity index (χ1) is 15.5. The molecule has 1 aliphatic rings. The number of hydrogen-bond acceptors (Lipinski definition) is 5. The van der Waals surface area contributed by atoms with E-state index < -0.39 is 17.6 Å². The summed E-state index contributed by atoms with van der Waals surface area (Å²) in [4.78, 5) is 20.9. The van der Waals surface area contributed by atoms with E-state index in [-0.39, 0.29) is 6.61 Å². The lowest BCUT2D eigenvalue weighted by Gasteiger charge is -2.23. The predicted molar refractivity (Wildman–Crippen MR) is 129 cm³/mol. The van der Waals surface area contributed by atoms with E-state index in [0.717, 1.165) is 36.0 Å². The highest BCUT2D eigenvalue weighted by molar-refractivity contribution is 6.84. The van der Waals surface area contributed by atoms with Crippen LogP contribution in [-0.4, -0.2) is 45.9 Å². The van der Waals surface area contributed by atoms with Gasteiger partial charge < -0.3 is 15.5 Å². The molecule has 3 rings (SSSR count). The minimum absolute atomic E-state index is 0.207. The summed E-state index contributed by atoms with van der Waals surface area (Å²) in [6.07, 6.45) is 3.41. The maximum Gasteiger partial charge on any atom is 0.312 e. The van der Waals surface area contributed by atoms with Crippen molar-refractivity contribution < 1.29 is 15.0 Å². The van der Waals surface area contributed by atoms with Crippen molar-refractivity contribution in [3.05, 3.63) is 71.3 Å². The van der Waals surface area contributed by atoms with Gasteiger partial charge in [-0.1, -0.05) is 79.5 Å². The van der Waals surface area contributed by atoms with Gasteiger partial charge in [0.2, 0.25) is 0 Å². The third-order valence-electron chi connectivity index (χ3n) is 5.66. The van der Waals surface area contributed by atoms with Crippen LogP contribution in [0.1, 0.15) is 48.8 Å². The number of carbonyl (C=O) groups is 1. The number of aliphatic hydroxyl groups is 1. The molecule has 2 aromatic rings. The first kappa shape index (κ1) is 24.1. The van der Waals surface area contributed by atoms with Crippen molar-refractivity contribution in [2.24, 2.45) is 9.98 Å². The zero-order valence-corrected chi connectivity index (χ0v) is 19.1. The van der Waals surface area contributed by atoms with Crippen molar-refractivity contribution in [2.45, 2.75) is 50.7 Å². The Labute approximate surface area is 194 Å². The van der Waals surface area contributed by atoms with Crippen molar-refractivity contribution in [3.8, 4) is 0 Å². The lowest BCUT2D eigenvalue weighted by Crippen LogP contribution is -2.27. The second kappa shape index (κ2) is 11.4. The number of aliphatic imine (C=N–C) groups is 2. The Morgan fingerprint density at radius 2 is 1.78 bits per heavy atom. The number of nitrogens with one attached hydrogen (secondary N) is 1. The number of aliphatic carboxylic acids is 1. The van der Waals surface area contributed by atoms with Gasteiger partial charge in [-0.15, -0.1) is 0 Å². The van der Waals surface area contributed by atoms with Crippen LogP contribution < -0.4 is 5.32 Å². The van der Waals surface area contributed by atoms with Crippen LogP contribution in [0.2, 0.25) is 0 Å². The second-order valence-electron chi connectivity index (χ2n) is 8.13. The fourth-order valence-corrected chi connectivity index (χ4v) is 4.16. The highest BCUT2D eigenvalue weighted by Gasteiger charge is 2.35. The summed E-state index contributed by atoms with van der Waals surface area (Å²) < 4.78 is 0. The van der Waals surface area contributed by atoms with Crippen molar-refractivity contribution in [1.29, 1.82) is 0 Å². The molecule has 7 heteroatoms. The molecule has 0 saturated carbocycles. The van der Waals surface area contributed by atoms with E-state index in [2.05, 4.69) is 22.2 Å². The average molecular weight is 456 g/mol. The SMILES string of the molecule is CCCCC1(Cc2ccc(CNC[C@H](C(=O)O)c3ccccc3)cc2)N=C(Cl)C(CO)=N1. The van der Waals surface area contributed by atoms with E-state index in [4.69, 9.17) is 11.6 Å². The minimum Gasteiger partial charge on any atom is -0.481 e. The largest absolute Gasteiger partial charge is 0.481 e. The number of unbranched alkanes of at least 4 members (excludes halogenated alkanes) is 1. The fourth-order valence-electron chi connectivity index (χ4n) is 3.91. The summed E-state index contributed by atoms with van der Waals surface area (Å²) >= 11 is 6.19. The number of halogens is 1. The van der Waals surface area contributed by atoms with E-state index >= 15 is 0 Å². The van der Waals surface area contributed by atoms with Crippen LogP contribution in [0.15, 0.2) is 64.6 Å². The van der Waals surface area contributed by atoms with Crippen molar-refractivity contribution in [1.82, 2.24) is 5.32 Å². The van der Waals surface area contributed by atoms with E-state index in [1.165, 1.54) is 0 Å². The number of benzene rings is 2. The molecule has 0 amide bonds. The van der Waals surface area contributed by atoms with E-state index in [1.807, 2.05) is 54.6 Å². The standard InChI is InChI=1S/C25H30ClN3O3/c1-2-3-13-25(28-22(17-30)23(26)29-25)14-18-9-11-19(12-10-18)15-27-16-21(24(31)32)20-7-5-4-6-8-20/h4-12,21,27,30H,2-3,13-17H2,1H3,(H,31,32)/t21-,25?/m0/s1. The van der Waals surface area contributed by atoms with Gasteiger partial charge in [0.25, 0.3) is 0 Å². The topological polar surface area (TPSA) is 94.3 Å². The van der Waals surface area contributed by atoms with Gasteiger partial charge in [0, 0.05) is 19.5 Å². The van der Waals surface area contributed by atoms with Gasteiger partial charge in [-0.25, -0.2) is 4.99 Å². The first-order valence-corrected chi connectivity index (χ1v) is 11.4. The highest BCUT2D eigenvalue weighted by Crippen LogP contribution is 2.31. The van der Waals surface area contributed by atoms with Crippen LogP contribution in [0.5, 0.6) is 0 Å². The second-order valence-corrected chi connectivity index (χ2v) is 8.49. The molecule has 0 bridgehead atoms. The van der Waals surface area contributed by atoms with Crippen molar-refractivity contribution >= 4 is 28.5 Å². The molecule has 0 saturated heterocycles. The number of carboxylic acids is 1. The molecule has 170 valence electrons. The van der Waals surface area contributed by atoms with Crippen LogP contribution in [-0.2, 0) is 17.8 Å². The normalized spacial score (nSPS) is 18.8. The summed E-state index contributed by atoms with van der Waals surface area (Å²) in [7, 11) is 0. The van der Waals surface area contributed by atoms with Gasteiger partial charge in [0.15, 0.2) is 5.66 Å². The lowest BCUT2D eigenvalue weighted by atomic mass is 9.94. The lowest BCUT2D eigenvalue weighted by molar-refractivity contribution is -0.138. The Balaban J connectivity index is 1.61. The summed E-state index contributed by atoms with van der Waals surface area (Å²) in [6.45, 7) is 2.85. The maximum absolute atomic E-state index is 11.6. The Hall–Kier alpha value is -2.54. The monoisotopic (exact) mass is 455 g/mol. The van der Waals surface area contributed by atoms with E-state index in [1.54, 1.807) is 0 Å². The van der Waals surface area contributed by atoms with Gasteiger partial charge in [0.05, 0.1) is 12.5 Å². The van der Waals surface area contributed by atoms with Crippen LogP contribution >= 0.6 is 11.6 Å². The number of carboxylic acid groups (broad SMARTS) is 1. The summed E-state index contributed by atoms with van der Waals surface area (Å²) in [5, 5.41) is 22.6. The van der Waals surface area contributed by atoms with Gasteiger partial charge in [-0.2, -0.15) is 0 Å². The maximum atomic E-state index is 11.6. The number of aliphatic hydroxyl groups excluding tert-OH is 1. The Bertz CT molecular complexity index is 960. The first-order valence-electron chi connectivity index (χ1n) is 11.0. The van der Waals surface area contributed by atoms with Crippen LogP contribution in [0.25, 0.3) is 0 Å². The van der Waals surface area contributed by atoms with Gasteiger partial charge in [0.1, 0.15) is 10.9 Å². The molecule has 0 aliphatic carbocycles. The average Bonchev–Trinajstić information content (AvgIpc) is 3.12. The Morgan fingerprint density at radius 3 is 2.38 bits per heavy atom. The molecule has 0 aromatic heterocycles. The smallest absolute Gasteiger partial charge is 0.312 e. The molecule has 2 aromatic carbocycles. The summed E-state index contributed by atoms with van der Waals surface area (Å²) in [5.74, 6) is -1.42. The molecule has 0 radical (unpaired) electrons. The molecule has 32 heavy (non-hydrogen) atoms. The minimum atomic E-state index is -0.838. The van der Waals surface area contributed by atoms with Gasteiger partial charge in [-0.3, -0.25) is 9.79 Å². The summed E-state index contributed by atoms with van der Waals surface area (Å²) in [6, 6.07) is 17.4. The highest BCUT2D eigenvalue weighted by atomic mass is 35.5. The van der Waals surface area contributed by atoms with Crippen molar-refractivity contribution in [3.63, 3.8) is 0 Å². The van der Waals surface area contributed by atoms with Gasteiger partial charge >= 0.3 is 5.97 Å². The van der Waals surface area contributed by atoms with E-state index in [0.29, 0.717) is 30.4 Å². The molecule has 3 N–H and O–H groups in total. The number of rotatable bonds is 12.